The second-order valence-electron chi connectivity index (χ2n) is 8.14. The lowest BCUT2D eigenvalue weighted by Gasteiger charge is -2.21. The van der Waals surface area contributed by atoms with Gasteiger partial charge < -0.3 is 4.74 Å². The van der Waals surface area contributed by atoms with Gasteiger partial charge in [-0.15, -0.1) is 5.10 Å². The Balaban J connectivity index is 1.94. The fraction of sp³-hybridized carbons (Fsp3) is 0.227. The monoisotopic (exact) mass is 513 g/mol. The van der Waals surface area contributed by atoms with Crippen LogP contribution in [0.1, 0.15) is 42.4 Å². The summed E-state index contributed by atoms with van der Waals surface area (Å²) >= 11 is 5.96. The third-order valence-corrected chi connectivity index (χ3v) is 5.85. The van der Waals surface area contributed by atoms with E-state index in [2.05, 4.69) is 14.9 Å². The quantitative estimate of drug-likeness (QED) is 0.446. The van der Waals surface area contributed by atoms with Crippen molar-refractivity contribution in [2.45, 2.75) is 37.4 Å². The molecule has 0 aliphatic carbocycles. The zero-order chi connectivity index (χ0) is 25.3. The number of ether oxygens (including phenoxy) is 1. The number of halogens is 4. The van der Waals surface area contributed by atoms with Crippen molar-refractivity contribution in [1.29, 1.82) is 0 Å². The normalized spacial score (nSPS) is 12.3. The van der Waals surface area contributed by atoms with Gasteiger partial charge in [-0.05, 0) is 69.3 Å². The Morgan fingerprint density at radius 3 is 2.26 bits per heavy atom. The molecule has 0 saturated heterocycles. The van der Waals surface area contributed by atoms with Gasteiger partial charge in [0.1, 0.15) is 11.4 Å². The Morgan fingerprint density at radius 1 is 1.03 bits per heavy atom. The highest BCUT2D eigenvalue weighted by Crippen LogP contribution is 2.30. The molecule has 2 aromatic carbocycles. The Morgan fingerprint density at radius 2 is 1.68 bits per heavy atom. The van der Waals surface area contributed by atoms with E-state index in [0.29, 0.717) is 11.8 Å². The summed E-state index contributed by atoms with van der Waals surface area (Å²) in [6, 6.07) is 9.86. The van der Waals surface area contributed by atoms with Crippen LogP contribution in [0.2, 0.25) is 5.02 Å². The molecule has 3 aromatic rings. The van der Waals surface area contributed by atoms with Gasteiger partial charge in [0.25, 0.3) is 10.0 Å². The number of hydrogen-bond donors (Lipinski definition) is 1. The van der Waals surface area contributed by atoms with Gasteiger partial charge in [-0.1, -0.05) is 11.6 Å². The van der Waals surface area contributed by atoms with E-state index >= 15 is 0 Å². The predicted molar refractivity (Wildman–Crippen MR) is 120 cm³/mol. The van der Waals surface area contributed by atoms with E-state index in [0.717, 1.165) is 12.3 Å². The summed E-state index contributed by atoms with van der Waals surface area (Å²) in [6.07, 6.45) is -3.96. The fourth-order valence-corrected chi connectivity index (χ4v) is 4.07. The highest BCUT2D eigenvalue weighted by Gasteiger charge is 2.34. The summed E-state index contributed by atoms with van der Waals surface area (Å²) in [5.74, 6) is -0.464. The molecule has 0 aliphatic heterocycles. The minimum Gasteiger partial charge on any atom is -0.488 e. The molecule has 3 rings (SSSR count). The van der Waals surface area contributed by atoms with Crippen LogP contribution in [0.25, 0.3) is 0 Å². The molecule has 0 atom stereocenters. The standard InChI is InChI=1S/C22H19ClF3N3O4S/c1-21(2,3)33-15-5-7-16(8-6-15)34(31,32)29-18-9-4-14(23)11-17(18)20(30)13-10-19(22(24,25)26)28-27-12-13/h4-12,29H,1-3H3. The largest absolute Gasteiger partial charge is 0.488 e. The van der Waals surface area contributed by atoms with Crippen LogP contribution in [0, 0.1) is 0 Å². The van der Waals surface area contributed by atoms with Crippen LogP contribution in [0.4, 0.5) is 18.9 Å². The number of nitrogens with one attached hydrogen (secondary N) is 1. The van der Waals surface area contributed by atoms with Gasteiger partial charge >= 0.3 is 6.18 Å². The maximum absolute atomic E-state index is 13.0. The number of benzene rings is 2. The smallest absolute Gasteiger partial charge is 0.435 e. The molecule has 0 saturated carbocycles. The molecule has 0 amide bonds. The second-order valence-corrected chi connectivity index (χ2v) is 10.3. The van der Waals surface area contributed by atoms with E-state index in [4.69, 9.17) is 16.3 Å². The Labute approximate surface area is 199 Å². The zero-order valence-corrected chi connectivity index (χ0v) is 19.7. The SMILES string of the molecule is CC(C)(C)Oc1ccc(S(=O)(=O)Nc2ccc(Cl)cc2C(=O)c2cnnc(C(F)(F)F)c2)cc1. The number of carbonyl (C=O) groups is 1. The molecular weight excluding hydrogens is 495 g/mol. The number of nitrogens with zero attached hydrogens (tertiary/aromatic N) is 2. The van der Waals surface area contributed by atoms with Gasteiger partial charge in [0, 0.05) is 16.1 Å². The van der Waals surface area contributed by atoms with Crippen LogP contribution in [0.5, 0.6) is 5.75 Å². The van der Waals surface area contributed by atoms with E-state index in [-0.39, 0.29) is 21.2 Å². The molecule has 0 bridgehead atoms. The average Bonchev–Trinajstić information content (AvgIpc) is 2.73. The Hall–Kier alpha value is -3.18. The molecule has 180 valence electrons. The number of aromatic nitrogens is 2. The molecule has 0 radical (unpaired) electrons. The van der Waals surface area contributed by atoms with Gasteiger partial charge in [0.2, 0.25) is 0 Å². The number of hydrogen-bond acceptors (Lipinski definition) is 6. The lowest BCUT2D eigenvalue weighted by Crippen LogP contribution is -2.23. The van der Waals surface area contributed by atoms with E-state index < -0.39 is 38.8 Å². The van der Waals surface area contributed by atoms with Crippen molar-refractivity contribution in [3.05, 3.63) is 76.6 Å². The van der Waals surface area contributed by atoms with Gasteiger partial charge in [0.15, 0.2) is 11.5 Å². The number of sulfonamides is 1. The minimum atomic E-state index is -4.81. The summed E-state index contributed by atoms with van der Waals surface area (Å²) < 4.78 is 72.7. The maximum Gasteiger partial charge on any atom is 0.435 e. The Kier molecular flexibility index (Phi) is 6.90. The van der Waals surface area contributed by atoms with Gasteiger partial charge in [-0.25, -0.2) is 8.42 Å². The highest BCUT2D eigenvalue weighted by molar-refractivity contribution is 7.92. The van der Waals surface area contributed by atoms with Crippen LogP contribution < -0.4 is 9.46 Å². The lowest BCUT2D eigenvalue weighted by molar-refractivity contribution is -0.141. The van der Waals surface area contributed by atoms with E-state index in [9.17, 15) is 26.4 Å². The molecule has 0 unspecified atom stereocenters. The molecule has 0 aliphatic rings. The first kappa shape index (κ1) is 25.4. The second kappa shape index (κ2) is 9.22. The molecule has 0 fully saturated rings. The van der Waals surface area contributed by atoms with Crippen molar-refractivity contribution in [1.82, 2.24) is 10.2 Å². The molecule has 7 nitrogen and oxygen atoms in total. The zero-order valence-electron chi connectivity index (χ0n) is 18.1. The first-order valence-electron chi connectivity index (χ1n) is 9.72. The van der Waals surface area contributed by atoms with Crippen LogP contribution in [-0.2, 0) is 16.2 Å². The van der Waals surface area contributed by atoms with Crippen LogP contribution in [-0.4, -0.2) is 30.0 Å². The number of rotatable bonds is 6. The summed E-state index contributed by atoms with van der Waals surface area (Å²) in [7, 11) is -4.17. The van der Waals surface area contributed by atoms with Crippen molar-refractivity contribution in [3.8, 4) is 5.75 Å². The summed E-state index contributed by atoms with van der Waals surface area (Å²) in [5.41, 5.74) is -2.71. The van der Waals surface area contributed by atoms with Crippen LogP contribution in [0.15, 0.2) is 59.6 Å². The summed E-state index contributed by atoms with van der Waals surface area (Å²) in [4.78, 5) is 12.8. The number of ketones is 1. The van der Waals surface area contributed by atoms with E-state index in [1.165, 1.54) is 36.4 Å². The number of anilines is 1. The predicted octanol–water partition coefficient (Wildman–Crippen LogP) is 5.36. The molecule has 0 spiro atoms. The molecule has 34 heavy (non-hydrogen) atoms. The van der Waals surface area contributed by atoms with Crippen molar-refractivity contribution < 1.29 is 31.1 Å². The average molecular weight is 514 g/mol. The van der Waals surface area contributed by atoms with Gasteiger partial charge in [-0.2, -0.15) is 18.3 Å². The van der Waals surface area contributed by atoms with E-state index in [1.807, 2.05) is 20.8 Å². The lowest BCUT2D eigenvalue weighted by atomic mass is 10.0. The molecular formula is C22H19ClF3N3O4S. The minimum absolute atomic E-state index is 0.0769. The van der Waals surface area contributed by atoms with E-state index in [1.54, 1.807) is 0 Å². The molecule has 1 N–H and O–H groups in total. The van der Waals surface area contributed by atoms with Crippen molar-refractivity contribution in [2.24, 2.45) is 0 Å². The third-order valence-electron chi connectivity index (χ3n) is 4.24. The first-order valence-corrected chi connectivity index (χ1v) is 11.6. The molecule has 1 heterocycles. The van der Waals surface area contributed by atoms with Crippen molar-refractivity contribution in [2.75, 3.05) is 4.72 Å². The first-order chi connectivity index (χ1) is 15.7. The molecule has 12 heteroatoms. The third kappa shape index (κ3) is 6.23. The van der Waals surface area contributed by atoms with Gasteiger partial charge in [0.05, 0.1) is 16.8 Å². The Bertz CT molecular complexity index is 1320. The number of carbonyl (C=O) groups excluding carboxylic acids is 1. The maximum atomic E-state index is 13.0. The molecule has 1 aromatic heterocycles. The summed E-state index contributed by atoms with van der Waals surface area (Å²) in [6.45, 7) is 5.52. The highest BCUT2D eigenvalue weighted by atomic mass is 35.5. The topological polar surface area (TPSA) is 98.2 Å². The van der Waals surface area contributed by atoms with Crippen molar-refractivity contribution in [3.63, 3.8) is 0 Å². The fourth-order valence-electron chi connectivity index (χ4n) is 2.82. The summed E-state index contributed by atoms with van der Waals surface area (Å²) in [5, 5.41) is 6.29. The number of alkyl halides is 3. The van der Waals surface area contributed by atoms with Gasteiger partial charge in [-0.3, -0.25) is 9.52 Å². The van der Waals surface area contributed by atoms with Crippen LogP contribution in [0.3, 0.4) is 0 Å². The van der Waals surface area contributed by atoms with Crippen molar-refractivity contribution >= 4 is 33.1 Å². The van der Waals surface area contributed by atoms with Crippen LogP contribution >= 0.6 is 11.6 Å².